The van der Waals surface area contributed by atoms with Crippen LogP contribution in [0.3, 0.4) is 0 Å². The fourth-order valence-corrected chi connectivity index (χ4v) is 1.94. The van der Waals surface area contributed by atoms with Gasteiger partial charge in [-0.3, -0.25) is 4.79 Å². The van der Waals surface area contributed by atoms with Crippen molar-refractivity contribution in [3.8, 4) is 0 Å². The van der Waals surface area contributed by atoms with E-state index in [0.29, 0.717) is 17.3 Å². The van der Waals surface area contributed by atoms with Crippen molar-refractivity contribution >= 4 is 23.3 Å². The summed E-state index contributed by atoms with van der Waals surface area (Å²) in [4.78, 5) is 22.5. The molecule has 1 aliphatic heterocycles. The molecule has 0 radical (unpaired) electrons. The minimum Gasteiger partial charge on any atom is -0.475 e. The molecule has 1 aliphatic carbocycles. The topological polar surface area (TPSA) is 91.6 Å². The maximum atomic E-state index is 11.7. The Labute approximate surface area is 90.6 Å². The molecule has 84 valence electrons. The molecule has 0 bridgehead atoms. The molecule has 3 N–H and O–H groups in total. The van der Waals surface area contributed by atoms with Crippen LogP contribution in [0, 0.1) is 5.92 Å². The first-order valence-corrected chi connectivity index (χ1v) is 5.09. The highest BCUT2D eigenvalue weighted by Crippen LogP contribution is 2.40. The first-order chi connectivity index (χ1) is 7.66. The Bertz CT molecular complexity index is 475. The summed E-state index contributed by atoms with van der Waals surface area (Å²) in [7, 11) is 0. The van der Waals surface area contributed by atoms with E-state index in [4.69, 9.17) is 9.52 Å². The van der Waals surface area contributed by atoms with Crippen LogP contribution in [0.5, 0.6) is 0 Å². The van der Waals surface area contributed by atoms with Crippen LogP contribution in [0.1, 0.15) is 23.4 Å². The van der Waals surface area contributed by atoms with Crippen LogP contribution in [0.25, 0.3) is 0 Å². The summed E-state index contributed by atoms with van der Waals surface area (Å²) >= 11 is 0. The minimum absolute atomic E-state index is 0.118. The molecule has 1 saturated carbocycles. The molecule has 16 heavy (non-hydrogen) atoms. The summed E-state index contributed by atoms with van der Waals surface area (Å²) in [6.45, 7) is 0. The molecule has 3 rings (SSSR count). The molecular formula is C10H10N2O4. The Kier molecular flexibility index (Phi) is 1.74. The number of amides is 1. The fourth-order valence-electron chi connectivity index (χ4n) is 1.94. The lowest BCUT2D eigenvalue weighted by Crippen LogP contribution is -2.40. The highest BCUT2D eigenvalue weighted by molar-refractivity contribution is 6.07. The lowest BCUT2D eigenvalue weighted by Gasteiger charge is -2.23. The van der Waals surface area contributed by atoms with Gasteiger partial charge in [0.05, 0.1) is 0 Å². The first-order valence-electron chi connectivity index (χ1n) is 5.09. The van der Waals surface area contributed by atoms with Crippen LogP contribution in [0.2, 0.25) is 0 Å². The monoisotopic (exact) mass is 222 g/mol. The number of carboxylic acid groups (broad SMARTS) is 1. The second-order valence-corrected chi connectivity index (χ2v) is 4.11. The SMILES string of the molecule is O=C(O)c1occ2c1NC(C1CC1)C(=O)N2. The molecule has 0 aromatic carbocycles. The molecule has 1 amide bonds. The van der Waals surface area contributed by atoms with Crippen LogP contribution in [-0.4, -0.2) is 23.0 Å². The molecule has 1 unspecified atom stereocenters. The standard InChI is InChI=1S/C10H10N2O4/c13-9-6(4-1-2-4)12-7-5(11-9)3-16-8(7)10(14)15/h3-4,6,12H,1-2H2,(H,11,13)(H,14,15). The Morgan fingerprint density at radius 1 is 1.50 bits per heavy atom. The van der Waals surface area contributed by atoms with Crippen molar-refractivity contribution in [3.63, 3.8) is 0 Å². The van der Waals surface area contributed by atoms with Crippen molar-refractivity contribution in [1.29, 1.82) is 0 Å². The molecule has 6 nitrogen and oxygen atoms in total. The van der Waals surface area contributed by atoms with E-state index in [1.165, 1.54) is 6.26 Å². The number of carbonyl (C=O) groups is 2. The fraction of sp³-hybridized carbons (Fsp3) is 0.400. The van der Waals surface area contributed by atoms with E-state index in [1.54, 1.807) is 0 Å². The Hall–Kier alpha value is -1.98. The lowest BCUT2D eigenvalue weighted by molar-refractivity contribution is -0.117. The number of carboxylic acids is 1. The van der Waals surface area contributed by atoms with E-state index < -0.39 is 5.97 Å². The minimum atomic E-state index is -1.14. The van der Waals surface area contributed by atoms with E-state index in [-0.39, 0.29) is 17.7 Å². The molecule has 0 saturated heterocycles. The second-order valence-electron chi connectivity index (χ2n) is 4.11. The number of aromatic carboxylic acids is 1. The molecule has 2 aliphatic rings. The highest BCUT2D eigenvalue weighted by atomic mass is 16.4. The van der Waals surface area contributed by atoms with Gasteiger partial charge in [-0.05, 0) is 18.8 Å². The number of anilines is 2. The molecule has 6 heteroatoms. The Morgan fingerprint density at radius 3 is 2.88 bits per heavy atom. The Balaban J connectivity index is 1.97. The molecule has 1 aromatic heterocycles. The van der Waals surface area contributed by atoms with E-state index in [9.17, 15) is 9.59 Å². The van der Waals surface area contributed by atoms with Crippen molar-refractivity contribution in [2.75, 3.05) is 10.6 Å². The highest BCUT2D eigenvalue weighted by Gasteiger charge is 2.40. The van der Waals surface area contributed by atoms with Crippen LogP contribution >= 0.6 is 0 Å². The number of nitrogens with one attached hydrogen (secondary N) is 2. The predicted octanol–water partition coefficient (Wildman–Crippen LogP) is 1.12. The van der Waals surface area contributed by atoms with E-state index in [1.807, 2.05) is 0 Å². The third-order valence-electron chi connectivity index (χ3n) is 2.92. The smallest absolute Gasteiger partial charge is 0.374 e. The summed E-state index contributed by atoms with van der Waals surface area (Å²) in [5.74, 6) is -1.10. The number of fused-ring (bicyclic) bond motifs is 1. The zero-order valence-corrected chi connectivity index (χ0v) is 8.32. The van der Waals surface area contributed by atoms with Crippen molar-refractivity contribution in [2.24, 2.45) is 5.92 Å². The van der Waals surface area contributed by atoms with Gasteiger partial charge < -0.3 is 20.2 Å². The molecule has 1 atom stereocenters. The summed E-state index contributed by atoms with van der Waals surface area (Å²) < 4.78 is 4.90. The maximum absolute atomic E-state index is 11.7. The number of hydrogen-bond acceptors (Lipinski definition) is 4. The van der Waals surface area contributed by atoms with E-state index >= 15 is 0 Å². The number of hydrogen-bond donors (Lipinski definition) is 3. The van der Waals surface area contributed by atoms with Gasteiger partial charge in [0.15, 0.2) is 0 Å². The third-order valence-corrected chi connectivity index (χ3v) is 2.92. The largest absolute Gasteiger partial charge is 0.475 e. The lowest BCUT2D eigenvalue weighted by atomic mass is 10.1. The van der Waals surface area contributed by atoms with Crippen molar-refractivity contribution in [3.05, 3.63) is 12.0 Å². The normalized spacial score (nSPS) is 23.2. The van der Waals surface area contributed by atoms with Crippen LogP contribution in [-0.2, 0) is 4.79 Å². The zero-order chi connectivity index (χ0) is 11.3. The molecule has 0 spiro atoms. The van der Waals surface area contributed by atoms with E-state index in [0.717, 1.165) is 12.8 Å². The third kappa shape index (κ3) is 1.26. The van der Waals surface area contributed by atoms with Gasteiger partial charge in [0.2, 0.25) is 11.7 Å². The van der Waals surface area contributed by atoms with Gasteiger partial charge in [0, 0.05) is 0 Å². The summed E-state index contributed by atoms with van der Waals surface area (Å²) in [5.41, 5.74) is 0.781. The predicted molar refractivity (Wildman–Crippen MR) is 54.4 cm³/mol. The Morgan fingerprint density at radius 2 is 2.25 bits per heavy atom. The average Bonchev–Trinajstić information content (AvgIpc) is 2.98. The van der Waals surface area contributed by atoms with Crippen molar-refractivity contribution < 1.29 is 19.1 Å². The second kappa shape index (κ2) is 3.01. The number of furan rings is 1. The maximum Gasteiger partial charge on any atom is 0.374 e. The van der Waals surface area contributed by atoms with Gasteiger partial charge in [-0.25, -0.2) is 4.79 Å². The zero-order valence-electron chi connectivity index (χ0n) is 8.32. The van der Waals surface area contributed by atoms with Crippen molar-refractivity contribution in [2.45, 2.75) is 18.9 Å². The quantitative estimate of drug-likeness (QED) is 0.697. The first kappa shape index (κ1) is 9.26. The van der Waals surface area contributed by atoms with Gasteiger partial charge >= 0.3 is 5.97 Å². The molecule has 1 aromatic rings. The summed E-state index contributed by atoms with van der Waals surface area (Å²) in [5, 5.41) is 14.5. The van der Waals surface area contributed by atoms with Crippen LogP contribution in [0.15, 0.2) is 10.7 Å². The van der Waals surface area contributed by atoms with E-state index in [2.05, 4.69) is 10.6 Å². The molecular weight excluding hydrogens is 212 g/mol. The van der Waals surface area contributed by atoms with Crippen molar-refractivity contribution in [1.82, 2.24) is 0 Å². The molecule has 1 fully saturated rings. The van der Waals surface area contributed by atoms with Gasteiger partial charge in [-0.2, -0.15) is 0 Å². The molecule has 2 heterocycles. The number of rotatable bonds is 2. The average molecular weight is 222 g/mol. The summed E-state index contributed by atoms with van der Waals surface area (Å²) in [6, 6.07) is -0.330. The number of carbonyl (C=O) groups excluding carboxylic acids is 1. The summed E-state index contributed by atoms with van der Waals surface area (Å²) in [6.07, 6.45) is 3.24. The van der Waals surface area contributed by atoms with Gasteiger partial charge in [-0.1, -0.05) is 0 Å². The van der Waals surface area contributed by atoms with Gasteiger partial charge in [0.25, 0.3) is 0 Å². The van der Waals surface area contributed by atoms with Crippen LogP contribution < -0.4 is 10.6 Å². The van der Waals surface area contributed by atoms with Gasteiger partial charge in [-0.15, -0.1) is 0 Å². The van der Waals surface area contributed by atoms with Crippen LogP contribution in [0.4, 0.5) is 11.4 Å². The van der Waals surface area contributed by atoms with Gasteiger partial charge in [0.1, 0.15) is 23.7 Å².